The van der Waals surface area contributed by atoms with Gasteiger partial charge in [0.05, 0.1) is 0 Å². The van der Waals surface area contributed by atoms with Crippen molar-refractivity contribution in [2.75, 3.05) is 24.5 Å². The maximum Gasteiger partial charge on any atom is 0.264 e. The number of rotatable bonds is 5. The number of carbonyl (C=O) groups excluding carboxylic acids is 1. The van der Waals surface area contributed by atoms with Crippen molar-refractivity contribution in [3.63, 3.8) is 0 Å². The highest BCUT2D eigenvalue weighted by molar-refractivity contribution is 5.77. The molecular weight excluding hydrogens is 390 g/mol. The molecule has 1 saturated carbocycles. The molecule has 7 heteroatoms. The third-order valence-electron chi connectivity index (χ3n) is 6.56. The summed E-state index contributed by atoms with van der Waals surface area (Å²) in [6, 6.07) is 12.7. The molecule has 1 aliphatic carbocycles. The Kier molecular flexibility index (Phi) is 5.26. The molecule has 3 aromatic rings. The van der Waals surface area contributed by atoms with Crippen LogP contribution in [0.15, 0.2) is 47.0 Å². The van der Waals surface area contributed by atoms with Crippen molar-refractivity contribution in [3.8, 4) is 11.6 Å². The number of benzene rings is 1. The summed E-state index contributed by atoms with van der Waals surface area (Å²) in [6.45, 7) is 6.85. The standard InChI is InChI=1S/C24H29N5O2/c1-17-6-3-9-20(14-17)29-13-12-28(15-18(29)2)22(30)16-27-11-5-10-21(27)24-26-25-23(31-24)19-7-4-8-19/h3,5-6,9-11,14,18-19H,4,7-8,12-13,15-16H2,1-2H3/t18-/m1/s1. The Morgan fingerprint density at radius 1 is 1.16 bits per heavy atom. The van der Waals surface area contributed by atoms with E-state index in [-0.39, 0.29) is 18.5 Å². The number of amides is 1. The van der Waals surface area contributed by atoms with E-state index in [0.717, 1.165) is 44.1 Å². The Hall–Kier alpha value is -3.09. The first kappa shape index (κ1) is 19.8. The van der Waals surface area contributed by atoms with Gasteiger partial charge < -0.3 is 18.8 Å². The van der Waals surface area contributed by atoms with Gasteiger partial charge >= 0.3 is 0 Å². The first-order valence-corrected chi connectivity index (χ1v) is 11.2. The molecule has 31 heavy (non-hydrogen) atoms. The average molecular weight is 420 g/mol. The first-order chi connectivity index (χ1) is 15.1. The van der Waals surface area contributed by atoms with E-state index in [4.69, 9.17) is 4.42 Å². The molecule has 7 nitrogen and oxygen atoms in total. The van der Waals surface area contributed by atoms with Gasteiger partial charge in [-0.1, -0.05) is 18.6 Å². The van der Waals surface area contributed by atoms with Gasteiger partial charge in [-0.2, -0.15) is 0 Å². The molecule has 0 spiro atoms. The molecule has 1 aromatic carbocycles. The van der Waals surface area contributed by atoms with Crippen LogP contribution in [0.3, 0.4) is 0 Å². The van der Waals surface area contributed by atoms with Crippen LogP contribution in [-0.4, -0.2) is 51.2 Å². The van der Waals surface area contributed by atoms with Crippen LogP contribution in [0.4, 0.5) is 5.69 Å². The third kappa shape index (κ3) is 3.96. The summed E-state index contributed by atoms with van der Waals surface area (Å²) in [5.41, 5.74) is 3.29. The minimum atomic E-state index is 0.118. The number of piperazine rings is 1. The predicted molar refractivity (Wildman–Crippen MR) is 119 cm³/mol. The minimum Gasteiger partial charge on any atom is -0.419 e. The zero-order valence-electron chi connectivity index (χ0n) is 18.2. The molecule has 1 saturated heterocycles. The van der Waals surface area contributed by atoms with Gasteiger partial charge in [0.1, 0.15) is 12.2 Å². The van der Waals surface area contributed by atoms with Crippen LogP contribution in [0.1, 0.15) is 43.6 Å². The number of carbonyl (C=O) groups is 1. The summed E-state index contributed by atoms with van der Waals surface area (Å²) in [5.74, 6) is 1.74. The summed E-state index contributed by atoms with van der Waals surface area (Å²) in [6.07, 6.45) is 5.37. The van der Waals surface area contributed by atoms with Gasteiger partial charge in [0, 0.05) is 43.5 Å². The Labute approximate surface area is 182 Å². The molecule has 5 rings (SSSR count). The van der Waals surface area contributed by atoms with Crippen molar-refractivity contribution in [3.05, 3.63) is 54.0 Å². The highest BCUT2D eigenvalue weighted by atomic mass is 16.4. The Morgan fingerprint density at radius 2 is 2.03 bits per heavy atom. The van der Waals surface area contributed by atoms with Crippen molar-refractivity contribution >= 4 is 11.6 Å². The second-order valence-electron chi connectivity index (χ2n) is 8.82. The maximum atomic E-state index is 13.1. The lowest BCUT2D eigenvalue weighted by Gasteiger charge is -2.41. The highest BCUT2D eigenvalue weighted by Gasteiger charge is 2.28. The molecule has 0 N–H and O–H groups in total. The summed E-state index contributed by atoms with van der Waals surface area (Å²) < 4.78 is 7.83. The van der Waals surface area contributed by atoms with E-state index in [1.165, 1.54) is 17.7 Å². The molecule has 2 aromatic heterocycles. The quantitative estimate of drug-likeness (QED) is 0.628. The van der Waals surface area contributed by atoms with Crippen LogP contribution in [0.2, 0.25) is 0 Å². The SMILES string of the molecule is Cc1cccc(N2CCN(C(=O)Cn3cccc3-c3nnc(C4CCC4)o3)C[C@H]2C)c1. The van der Waals surface area contributed by atoms with Crippen molar-refractivity contribution in [1.82, 2.24) is 19.7 Å². The molecule has 2 aliphatic rings. The van der Waals surface area contributed by atoms with Crippen LogP contribution in [0.25, 0.3) is 11.6 Å². The van der Waals surface area contributed by atoms with Crippen molar-refractivity contribution in [1.29, 1.82) is 0 Å². The number of nitrogens with zero attached hydrogens (tertiary/aromatic N) is 5. The monoisotopic (exact) mass is 419 g/mol. The van der Waals surface area contributed by atoms with Crippen LogP contribution in [0, 0.1) is 6.92 Å². The fraction of sp³-hybridized carbons (Fsp3) is 0.458. The van der Waals surface area contributed by atoms with Crippen molar-refractivity contribution < 1.29 is 9.21 Å². The van der Waals surface area contributed by atoms with E-state index in [1.54, 1.807) is 0 Å². The van der Waals surface area contributed by atoms with E-state index in [9.17, 15) is 4.79 Å². The molecule has 0 unspecified atom stereocenters. The van der Waals surface area contributed by atoms with E-state index < -0.39 is 0 Å². The molecule has 1 amide bonds. The second kappa shape index (κ2) is 8.21. The Bertz CT molecular complexity index is 1070. The zero-order chi connectivity index (χ0) is 21.4. The summed E-state index contributed by atoms with van der Waals surface area (Å²) in [5, 5.41) is 8.46. The molecule has 1 aliphatic heterocycles. The summed E-state index contributed by atoms with van der Waals surface area (Å²) in [7, 11) is 0. The number of aryl methyl sites for hydroxylation is 1. The van der Waals surface area contributed by atoms with Crippen LogP contribution < -0.4 is 4.90 Å². The molecule has 162 valence electrons. The Morgan fingerprint density at radius 3 is 2.77 bits per heavy atom. The Balaban J connectivity index is 1.24. The van der Waals surface area contributed by atoms with Gasteiger partial charge in [-0.25, -0.2) is 0 Å². The minimum absolute atomic E-state index is 0.118. The highest BCUT2D eigenvalue weighted by Crippen LogP contribution is 2.36. The lowest BCUT2D eigenvalue weighted by Crippen LogP contribution is -2.54. The number of hydrogen-bond acceptors (Lipinski definition) is 5. The molecule has 1 atom stereocenters. The van der Waals surface area contributed by atoms with Gasteiger partial charge in [0.15, 0.2) is 0 Å². The van der Waals surface area contributed by atoms with Crippen LogP contribution in [-0.2, 0) is 11.3 Å². The van der Waals surface area contributed by atoms with E-state index in [2.05, 4.69) is 53.2 Å². The fourth-order valence-electron chi connectivity index (χ4n) is 4.52. The third-order valence-corrected chi connectivity index (χ3v) is 6.56. The number of aromatic nitrogens is 3. The lowest BCUT2D eigenvalue weighted by molar-refractivity contribution is -0.132. The molecule has 0 radical (unpaired) electrons. The number of hydrogen-bond donors (Lipinski definition) is 0. The van der Waals surface area contributed by atoms with Gasteiger partial charge in [0.2, 0.25) is 11.8 Å². The van der Waals surface area contributed by atoms with E-state index in [1.807, 2.05) is 27.8 Å². The average Bonchev–Trinajstić information content (AvgIpc) is 3.36. The zero-order valence-corrected chi connectivity index (χ0v) is 18.2. The summed E-state index contributed by atoms with van der Waals surface area (Å²) in [4.78, 5) is 17.4. The first-order valence-electron chi connectivity index (χ1n) is 11.2. The van der Waals surface area contributed by atoms with Crippen LogP contribution >= 0.6 is 0 Å². The predicted octanol–water partition coefficient (Wildman–Crippen LogP) is 3.85. The topological polar surface area (TPSA) is 67.4 Å². The van der Waals surface area contributed by atoms with Gasteiger partial charge in [-0.15, -0.1) is 10.2 Å². The molecule has 2 fully saturated rings. The largest absolute Gasteiger partial charge is 0.419 e. The van der Waals surface area contributed by atoms with Crippen molar-refractivity contribution in [2.24, 2.45) is 0 Å². The number of anilines is 1. The van der Waals surface area contributed by atoms with E-state index >= 15 is 0 Å². The fourth-order valence-corrected chi connectivity index (χ4v) is 4.52. The smallest absolute Gasteiger partial charge is 0.264 e. The molecular formula is C24H29N5O2. The molecule has 0 bridgehead atoms. The van der Waals surface area contributed by atoms with Crippen LogP contribution in [0.5, 0.6) is 0 Å². The molecule has 3 heterocycles. The normalized spacial score (nSPS) is 19.5. The van der Waals surface area contributed by atoms with Crippen molar-refractivity contribution in [2.45, 2.75) is 51.6 Å². The van der Waals surface area contributed by atoms with Gasteiger partial charge in [-0.3, -0.25) is 4.79 Å². The van der Waals surface area contributed by atoms with Gasteiger partial charge in [-0.05, 0) is 56.5 Å². The maximum absolute atomic E-state index is 13.1. The lowest BCUT2D eigenvalue weighted by atomic mass is 9.85. The van der Waals surface area contributed by atoms with E-state index in [0.29, 0.717) is 11.8 Å². The summed E-state index contributed by atoms with van der Waals surface area (Å²) >= 11 is 0. The second-order valence-corrected chi connectivity index (χ2v) is 8.82. The van der Waals surface area contributed by atoms with Gasteiger partial charge in [0.25, 0.3) is 5.89 Å².